The van der Waals surface area contributed by atoms with E-state index in [-0.39, 0.29) is 18.2 Å². The van der Waals surface area contributed by atoms with Gasteiger partial charge < -0.3 is 13.9 Å². The smallest absolute Gasteiger partial charge is 0.204 e. The number of nitriles is 1. The molecule has 5 nitrogen and oxygen atoms in total. The SMILES string of the molecule is COc1cc(C)cc2c1OC/C(=C\c1ccc(C#N)o1)C2=O. The molecule has 0 fully saturated rings. The van der Waals surface area contributed by atoms with Gasteiger partial charge in [0.25, 0.3) is 0 Å². The Hall–Kier alpha value is -3.00. The Morgan fingerprint density at radius 3 is 2.86 bits per heavy atom. The summed E-state index contributed by atoms with van der Waals surface area (Å²) in [6.07, 6.45) is 1.60. The molecule has 2 aromatic rings. The summed E-state index contributed by atoms with van der Waals surface area (Å²) >= 11 is 0. The molecule has 5 heteroatoms. The molecule has 0 unspecified atom stereocenters. The number of aryl methyl sites for hydroxylation is 1. The van der Waals surface area contributed by atoms with Gasteiger partial charge in [0, 0.05) is 5.57 Å². The number of nitrogens with zero attached hydrogens (tertiary/aromatic N) is 1. The number of carbonyl (C=O) groups is 1. The van der Waals surface area contributed by atoms with Gasteiger partial charge in [-0.15, -0.1) is 0 Å². The summed E-state index contributed by atoms with van der Waals surface area (Å²) < 4.78 is 16.2. The Morgan fingerprint density at radius 2 is 2.18 bits per heavy atom. The van der Waals surface area contributed by atoms with Gasteiger partial charge in [-0.05, 0) is 42.8 Å². The van der Waals surface area contributed by atoms with Crippen LogP contribution in [-0.4, -0.2) is 19.5 Å². The van der Waals surface area contributed by atoms with Crippen molar-refractivity contribution in [2.24, 2.45) is 0 Å². The third kappa shape index (κ3) is 2.35. The molecule has 1 aromatic heterocycles. The summed E-state index contributed by atoms with van der Waals surface area (Å²) in [5.74, 6) is 1.54. The van der Waals surface area contributed by atoms with Crippen LogP contribution in [0.5, 0.6) is 11.5 Å². The van der Waals surface area contributed by atoms with Gasteiger partial charge >= 0.3 is 0 Å². The standard InChI is InChI=1S/C17H13NO4/c1-10-5-14-16(19)11(7-12-3-4-13(8-18)22-12)9-21-17(14)15(6-10)20-2/h3-7H,9H2,1-2H3/b11-7+. The fourth-order valence-corrected chi connectivity index (χ4v) is 2.37. The molecular formula is C17H13NO4. The van der Waals surface area contributed by atoms with Crippen molar-refractivity contribution in [1.82, 2.24) is 0 Å². The van der Waals surface area contributed by atoms with Crippen LogP contribution in [0, 0.1) is 18.3 Å². The van der Waals surface area contributed by atoms with Gasteiger partial charge in [-0.3, -0.25) is 4.79 Å². The van der Waals surface area contributed by atoms with Crippen molar-refractivity contribution in [2.45, 2.75) is 6.92 Å². The molecule has 0 amide bonds. The number of fused-ring (bicyclic) bond motifs is 1. The molecule has 0 aliphatic carbocycles. The maximum absolute atomic E-state index is 12.6. The number of benzene rings is 1. The van der Waals surface area contributed by atoms with Gasteiger partial charge in [0.05, 0.1) is 12.7 Å². The highest BCUT2D eigenvalue weighted by Gasteiger charge is 2.27. The first kappa shape index (κ1) is 14.0. The van der Waals surface area contributed by atoms with Crippen LogP contribution in [0.3, 0.4) is 0 Å². The van der Waals surface area contributed by atoms with Crippen molar-refractivity contribution in [3.8, 4) is 17.6 Å². The number of methoxy groups -OCH3 is 1. The molecule has 0 saturated carbocycles. The molecule has 2 heterocycles. The number of ether oxygens (including phenoxy) is 2. The zero-order valence-corrected chi connectivity index (χ0v) is 12.2. The van der Waals surface area contributed by atoms with E-state index in [1.165, 1.54) is 0 Å². The van der Waals surface area contributed by atoms with Crippen LogP contribution in [0.15, 0.2) is 34.3 Å². The number of hydrogen-bond donors (Lipinski definition) is 0. The lowest BCUT2D eigenvalue weighted by atomic mass is 9.97. The molecule has 0 N–H and O–H groups in total. The molecule has 0 radical (unpaired) electrons. The van der Waals surface area contributed by atoms with Gasteiger partial charge in [0.2, 0.25) is 5.76 Å². The van der Waals surface area contributed by atoms with E-state index >= 15 is 0 Å². The lowest BCUT2D eigenvalue weighted by Crippen LogP contribution is -2.19. The molecule has 3 rings (SSSR count). The van der Waals surface area contributed by atoms with Crippen molar-refractivity contribution >= 4 is 11.9 Å². The van der Waals surface area contributed by atoms with Gasteiger partial charge in [0.15, 0.2) is 17.3 Å². The van der Waals surface area contributed by atoms with Crippen LogP contribution in [0.1, 0.15) is 27.4 Å². The number of rotatable bonds is 2. The average Bonchev–Trinajstić information content (AvgIpc) is 2.97. The summed E-state index contributed by atoms with van der Waals surface area (Å²) in [7, 11) is 1.54. The Morgan fingerprint density at radius 1 is 1.36 bits per heavy atom. The van der Waals surface area contributed by atoms with Crippen LogP contribution in [0.4, 0.5) is 0 Å². The van der Waals surface area contributed by atoms with Crippen molar-refractivity contribution < 1.29 is 18.7 Å². The second-order valence-corrected chi connectivity index (χ2v) is 4.95. The van der Waals surface area contributed by atoms with E-state index < -0.39 is 0 Å². The summed E-state index contributed by atoms with van der Waals surface area (Å²) in [6, 6.07) is 8.71. The minimum atomic E-state index is -0.127. The zero-order chi connectivity index (χ0) is 15.7. The zero-order valence-electron chi connectivity index (χ0n) is 12.2. The number of ketones is 1. The second-order valence-electron chi connectivity index (χ2n) is 4.95. The summed E-state index contributed by atoms with van der Waals surface area (Å²) in [4.78, 5) is 12.6. The highest BCUT2D eigenvalue weighted by Crippen LogP contribution is 2.37. The number of hydrogen-bond acceptors (Lipinski definition) is 5. The van der Waals surface area contributed by atoms with Gasteiger partial charge in [0.1, 0.15) is 18.4 Å². The molecule has 0 saturated heterocycles. The maximum Gasteiger partial charge on any atom is 0.204 e. The van der Waals surface area contributed by atoms with E-state index in [1.54, 1.807) is 31.4 Å². The monoisotopic (exact) mass is 295 g/mol. The number of Topliss-reactive ketones (excluding diaryl/α,β-unsaturated/α-hetero) is 1. The van der Waals surface area contributed by atoms with E-state index in [1.807, 2.05) is 19.1 Å². The maximum atomic E-state index is 12.6. The van der Waals surface area contributed by atoms with E-state index in [0.717, 1.165) is 5.56 Å². The largest absolute Gasteiger partial charge is 0.493 e. The minimum Gasteiger partial charge on any atom is -0.493 e. The summed E-state index contributed by atoms with van der Waals surface area (Å²) in [6.45, 7) is 2.02. The Bertz CT molecular complexity index is 824. The first-order valence-corrected chi connectivity index (χ1v) is 6.69. The Balaban J connectivity index is 2.01. The molecule has 1 aliphatic heterocycles. The van der Waals surface area contributed by atoms with Crippen LogP contribution in [0.25, 0.3) is 6.08 Å². The molecule has 0 atom stereocenters. The van der Waals surface area contributed by atoms with Crippen molar-refractivity contribution in [1.29, 1.82) is 5.26 Å². The van der Waals surface area contributed by atoms with Crippen LogP contribution < -0.4 is 9.47 Å². The summed E-state index contributed by atoms with van der Waals surface area (Å²) in [5, 5.41) is 8.76. The highest BCUT2D eigenvalue weighted by molar-refractivity contribution is 6.14. The first-order valence-electron chi connectivity index (χ1n) is 6.69. The lowest BCUT2D eigenvalue weighted by Gasteiger charge is -2.21. The van der Waals surface area contributed by atoms with E-state index in [0.29, 0.717) is 28.4 Å². The average molecular weight is 295 g/mol. The molecule has 1 aliphatic rings. The first-order chi connectivity index (χ1) is 10.6. The molecule has 0 bridgehead atoms. The molecule has 110 valence electrons. The van der Waals surface area contributed by atoms with Crippen molar-refractivity contribution in [3.63, 3.8) is 0 Å². The van der Waals surface area contributed by atoms with Crippen LogP contribution >= 0.6 is 0 Å². The molecular weight excluding hydrogens is 282 g/mol. The Kier molecular flexibility index (Phi) is 3.43. The molecule has 0 spiro atoms. The van der Waals surface area contributed by atoms with Crippen molar-refractivity contribution in [2.75, 3.05) is 13.7 Å². The normalized spacial score (nSPS) is 15.1. The predicted molar refractivity (Wildman–Crippen MR) is 79.0 cm³/mol. The number of furan rings is 1. The van der Waals surface area contributed by atoms with E-state index in [9.17, 15) is 4.79 Å². The van der Waals surface area contributed by atoms with E-state index in [2.05, 4.69) is 0 Å². The second kappa shape index (κ2) is 5.41. The van der Waals surface area contributed by atoms with Crippen molar-refractivity contribution in [3.05, 3.63) is 52.5 Å². The molecule has 22 heavy (non-hydrogen) atoms. The quantitative estimate of drug-likeness (QED) is 0.796. The van der Waals surface area contributed by atoms with Gasteiger partial charge in [-0.25, -0.2) is 0 Å². The van der Waals surface area contributed by atoms with E-state index in [4.69, 9.17) is 19.2 Å². The fraction of sp³-hybridized carbons (Fsp3) is 0.176. The van der Waals surface area contributed by atoms with Gasteiger partial charge in [-0.2, -0.15) is 5.26 Å². The predicted octanol–water partition coefficient (Wildman–Crippen LogP) is 3.13. The topological polar surface area (TPSA) is 72.5 Å². The third-order valence-electron chi connectivity index (χ3n) is 3.38. The fourth-order valence-electron chi connectivity index (χ4n) is 2.37. The van der Waals surface area contributed by atoms with Crippen LogP contribution in [-0.2, 0) is 0 Å². The lowest BCUT2D eigenvalue weighted by molar-refractivity contribution is 0.0998. The number of carbonyl (C=O) groups excluding carboxylic acids is 1. The minimum absolute atomic E-state index is 0.127. The molecule has 1 aromatic carbocycles. The van der Waals surface area contributed by atoms with Gasteiger partial charge in [-0.1, -0.05) is 0 Å². The Labute approximate surface area is 127 Å². The third-order valence-corrected chi connectivity index (χ3v) is 3.38. The highest BCUT2D eigenvalue weighted by atomic mass is 16.5. The summed E-state index contributed by atoms with van der Waals surface area (Å²) in [5.41, 5.74) is 1.86. The van der Waals surface area contributed by atoms with Crippen LogP contribution in [0.2, 0.25) is 0 Å².